The number of carbonyl (C=O) groups is 3. The van der Waals surface area contributed by atoms with Gasteiger partial charge in [-0.3, -0.25) is 24.5 Å². The first-order valence-electron chi connectivity index (χ1n) is 8.85. The van der Waals surface area contributed by atoms with Crippen LogP contribution in [0.5, 0.6) is 0 Å². The van der Waals surface area contributed by atoms with Gasteiger partial charge >= 0.3 is 5.97 Å². The summed E-state index contributed by atoms with van der Waals surface area (Å²) in [6.45, 7) is 2.56. The lowest BCUT2D eigenvalue weighted by Gasteiger charge is -2.26. The van der Waals surface area contributed by atoms with E-state index >= 15 is 0 Å². The van der Waals surface area contributed by atoms with E-state index in [1.54, 1.807) is 6.92 Å². The number of amides is 2. The molecule has 28 heavy (non-hydrogen) atoms. The van der Waals surface area contributed by atoms with Crippen molar-refractivity contribution in [2.75, 3.05) is 19.8 Å². The van der Waals surface area contributed by atoms with Crippen LogP contribution in [0.1, 0.15) is 35.7 Å². The quantitative estimate of drug-likeness (QED) is 0.392. The number of carbonyl (C=O) groups excluding carboxylic acids is 3. The average molecular weight is 393 g/mol. The molecule has 1 saturated heterocycles. The number of nitro groups is 1. The first-order chi connectivity index (χ1) is 13.2. The highest BCUT2D eigenvalue weighted by atomic mass is 16.6. The fourth-order valence-electron chi connectivity index (χ4n) is 3.10. The molecule has 0 aromatic heterocycles. The van der Waals surface area contributed by atoms with Crippen molar-refractivity contribution in [3.05, 3.63) is 39.4 Å². The van der Waals surface area contributed by atoms with Crippen molar-refractivity contribution in [1.82, 2.24) is 10.2 Å². The Morgan fingerprint density at radius 2 is 2.14 bits per heavy atom. The lowest BCUT2D eigenvalue weighted by molar-refractivity contribution is -0.385. The fraction of sp³-hybridized carbons (Fsp3) is 0.500. The molecule has 0 spiro atoms. The van der Waals surface area contributed by atoms with Crippen molar-refractivity contribution in [2.24, 2.45) is 0 Å². The largest absolute Gasteiger partial charge is 0.464 e. The number of benzene rings is 1. The molecule has 2 atom stereocenters. The van der Waals surface area contributed by atoms with Crippen LogP contribution in [-0.2, 0) is 14.3 Å². The van der Waals surface area contributed by atoms with Gasteiger partial charge in [0.25, 0.3) is 11.6 Å². The molecule has 0 saturated carbocycles. The Labute approximate surface area is 161 Å². The number of rotatable bonds is 7. The molecule has 0 aliphatic carbocycles. The third-order valence-corrected chi connectivity index (χ3v) is 4.51. The predicted molar refractivity (Wildman–Crippen MR) is 97.5 cm³/mol. The van der Waals surface area contributed by atoms with Crippen molar-refractivity contribution in [1.29, 1.82) is 0 Å². The summed E-state index contributed by atoms with van der Waals surface area (Å²) in [5, 5.41) is 22.9. The fourth-order valence-corrected chi connectivity index (χ4v) is 3.10. The summed E-state index contributed by atoms with van der Waals surface area (Å²) in [4.78, 5) is 48.1. The summed E-state index contributed by atoms with van der Waals surface area (Å²) in [6, 6.07) is 2.59. The number of hydrogen-bond acceptors (Lipinski definition) is 7. The number of nitrogens with one attached hydrogen (secondary N) is 1. The van der Waals surface area contributed by atoms with E-state index in [2.05, 4.69) is 5.32 Å². The molecular weight excluding hydrogens is 370 g/mol. The van der Waals surface area contributed by atoms with Gasteiger partial charge in [-0.2, -0.15) is 0 Å². The van der Waals surface area contributed by atoms with Gasteiger partial charge < -0.3 is 20.1 Å². The molecule has 1 fully saturated rings. The van der Waals surface area contributed by atoms with Crippen molar-refractivity contribution in [3.8, 4) is 0 Å². The highest BCUT2D eigenvalue weighted by molar-refractivity contribution is 5.98. The number of ether oxygens (including phenoxy) is 1. The predicted octanol–water partition coefficient (Wildman–Crippen LogP) is 0.548. The molecule has 2 rings (SSSR count). The molecule has 1 aromatic rings. The minimum absolute atomic E-state index is 0.0801. The topological polar surface area (TPSA) is 139 Å². The maximum absolute atomic E-state index is 12.8. The minimum Gasteiger partial charge on any atom is -0.464 e. The molecule has 10 nitrogen and oxygen atoms in total. The summed E-state index contributed by atoms with van der Waals surface area (Å²) in [5.74, 6) is -1.37. The first kappa shape index (κ1) is 21.3. The van der Waals surface area contributed by atoms with Gasteiger partial charge in [0.1, 0.15) is 12.6 Å². The van der Waals surface area contributed by atoms with Gasteiger partial charge in [0.2, 0.25) is 5.91 Å². The Hall–Kier alpha value is -3.01. The van der Waals surface area contributed by atoms with Crippen LogP contribution < -0.4 is 5.32 Å². The first-order valence-corrected chi connectivity index (χ1v) is 8.85. The second-order valence-corrected chi connectivity index (χ2v) is 6.61. The smallest absolute Gasteiger partial charge is 0.302 e. The number of aliphatic hydroxyl groups is 1. The van der Waals surface area contributed by atoms with Gasteiger partial charge in [-0.1, -0.05) is 0 Å². The van der Waals surface area contributed by atoms with Crippen molar-refractivity contribution in [3.63, 3.8) is 0 Å². The SMILES string of the molecule is CC(=O)OC[C@@H](CO)NC(=O)[C@H]1CCCN1C(=O)c1ccc([N+](=O)[O-])c(C)c1. The molecule has 2 N–H and O–H groups in total. The van der Waals surface area contributed by atoms with Crippen LogP contribution in [0.3, 0.4) is 0 Å². The number of nitro benzene ring substituents is 1. The molecule has 10 heteroatoms. The van der Waals surface area contributed by atoms with Crippen LogP contribution >= 0.6 is 0 Å². The van der Waals surface area contributed by atoms with E-state index in [0.717, 1.165) is 0 Å². The number of aryl methyl sites for hydroxylation is 1. The van der Waals surface area contributed by atoms with E-state index in [0.29, 0.717) is 24.9 Å². The van der Waals surface area contributed by atoms with Gasteiger partial charge in [-0.25, -0.2) is 0 Å². The van der Waals surface area contributed by atoms with E-state index in [1.807, 2.05) is 0 Å². The Morgan fingerprint density at radius 1 is 1.43 bits per heavy atom. The summed E-state index contributed by atoms with van der Waals surface area (Å²) >= 11 is 0. The van der Waals surface area contributed by atoms with Gasteiger partial charge in [-0.15, -0.1) is 0 Å². The van der Waals surface area contributed by atoms with E-state index in [4.69, 9.17) is 4.74 Å². The molecule has 0 radical (unpaired) electrons. The number of hydrogen-bond donors (Lipinski definition) is 2. The molecule has 152 valence electrons. The summed E-state index contributed by atoms with van der Waals surface area (Å²) in [5.41, 5.74) is 0.544. The van der Waals surface area contributed by atoms with Crippen molar-refractivity contribution < 1.29 is 29.2 Å². The van der Waals surface area contributed by atoms with Crippen LogP contribution in [0.25, 0.3) is 0 Å². The highest BCUT2D eigenvalue weighted by Crippen LogP contribution is 2.24. The standard InChI is InChI=1S/C18H23N3O7/c1-11-8-13(5-6-15(11)21(26)27)18(25)20-7-3-4-16(20)17(24)19-14(9-22)10-28-12(2)23/h5-6,8,14,16,22H,3-4,7,9-10H2,1-2H3,(H,19,24)/t14-,16-/m1/s1. The van der Waals surface area contributed by atoms with E-state index < -0.39 is 41.4 Å². The summed E-state index contributed by atoms with van der Waals surface area (Å²) in [6.07, 6.45) is 1.08. The molecule has 0 bridgehead atoms. The van der Waals surface area contributed by atoms with Crippen LogP contribution in [0.2, 0.25) is 0 Å². The maximum Gasteiger partial charge on any atom is 0.302 e. The number of aliphatic hydroxyl groups excluding tert-OH is 1. The van der Waals surface area contributed by atoms with Crippen molar-refractivity contribution >= 4 is 23.5 Å². The minimum atomic E-state index is -0.768. The van der Waals surface area contributed by atoms with Crippen molar-refractivity contribution in [2.45, 2.75) is 38.8 Å². The molecule has 1 heterocycles. The average Bonchev–Trinajstić information content (AvgIpc) is 3.13. The Morgan fingerprint density at radius 3 is 2.71 bits per heavy atom. The second-order valence-electron chi connectivity index (χ2n) is 6.61. The zero-order valence-corrected chi connectivity index (χ0v) is 15.7. The zero-order valence-electron chi connectivity index (χ0n) is 15.7. The molecule has 1 aliphatic rings. The highest BCUT2D eigenvalue weighted by Gasteiger charge is 2.35. The normalized spacial score (nSPS) is 17.1. The Bertz CT molecular complexity index is 780. The number of likely N-dealkylation sites (tertiary alicyclic amines) is 1. The second kappa shape index (κ2) is 9.27. The van der Waals surface area contributed by atoms with Gasteiger partial charge in [-0.05, 0) is 31.9 Å². The Balaban J connectivity index is 2.09. The van der Waals surface area contributed by atoms with Crippen LogP contribution in [0.4, 0.5) is 5.69 Å². The van der Waals surface area contributed by atoms with Crippen LogP contribution in [0.15, 0.2) is 18.2 Å². The third kappa shape index (κ3) is 5.03. The zero-order chi connectivity index (χ0) is 20.8. The molecule has 1 aromatic carbocycles. The number of nitrogens with zero attached hydrogens (tertiary/aromatic N) is 2. The summed E-state index contributed by atoms with van der Waals surface area (Å²) in [7, 11) is 0. The molecule has 1 aliphatic heterocycles. The van der Waals surface area contributed by atoms with Gasteiger partial charge in [0, 0.05) is 30.7 Å². The lowest BCUT2D eigenvalue weighted by atomic mass is 10.1. The van der Waals surface area contributed by atoms with Gasteiger partial charge in [0.05, 0.1) is 17.6 Å². The summed E-state index contributed by atoms with van der Waals surface area (Å²) < 4.78 is 4.80. The van der Waals surface area contributed by atoms with Crippen LogP contribution in [0, 0.1) is 17.0 Å². The monoisotopic (exact) mass is 393 g/mol. The lowest BCUT2D eigenvalue weighted by Crippen LogP contribution is -2.51. The number of esters is 1. The molecular formula is C18H23N3O7. The maximum atomic E-state index is 12.8. The van der Waals surface area contributed by atoms with E-state index in [1.165, 1.54) is 30.0 Å². The third-order valence-electron chi connectivity index (χ3n) is 4.51. The van der Waals surface area contributed by atoms with E-state index in [9.17, 15) is 29.6 Å². The van der Waals surface area contributed by atoms with E-state index in [-0.39, 0.29) is 17.9 Å². The molecule has 2 amide bonds. The van der Waals surface area contributed by atoms with Crippen LogP contribution in [-0.4, -0.2) is 64.6 Å². The molecule has 0 unspecified atom stereocenters. The van der Waals surface area contributed by atoms with Gasteiger partial charge in [0.15, 0.2) is 0 Å². The Kier molecular flexibility index (Phi) is 7.05.